The summed E-state index contributed by atoms with van der Waals surface area (Å²) in [4.78, 5) is 16.6. The Morgan fingerprint density at radius 3 is 2.82 bits per heavy atom. The van der Waals surface area contributed by atoms with E-state index >= 15 is 4.39 Å². The smallest absolute Gasteiger partial charge is 0.266 e. The number of alkyl halides is 2. The van der Waals surface area contributed by atoms with E-state index in [1.165, 1.54) is 23.8 Å². The second-order valence-electron chi connectivity index (χ2n) is 8.78. The molecule has 1 saturated heterocycles. The van der Waals surface area contributed by atoms with Crippen molar-refractivity contribution in [2.75, 3.05) is 20.3 Å². The second kappa shape index (κ2) is 9.45. The summed E-state index contributed by atoms with van der Waals surface area (Å²) in [6.45, 7) is 0.925. The van der Waals surface area contributed by atoms with Gasteiger partial charge in [-0.25, -0.2) is 27.2 Å². The monoisotopic (exact) mass is 522 g/mol. The summed E-state index contributed by atoms with van der Waals surface area (Å²) < 4.78 is 57.4. The van der Waals surface area contributed by atoms with E-state index < -0.39 is 23.7 Å². The summed E-state index contributed by atoms with van der Waals surface area (Å²) in [5.41, 5.74) is 1.33. The Kier molecular flexibility index (Phi) is 5.95. The van der Waals surface area contributed by atoms with Crippen LogP contribution in [0.5, 0.6) is 5.88 Å². The number of carbonyl (C=O) groups excluding carboxylic acids is 1. The van der Waals surface area contributed by atoms with Gasteiger partial charge in [0.2, 0.25) is 5.88 Å². The number of benzene rings is 1. The fourth-order valence-electron chi connectivity index (χ4n) is 4.54. The lowest BCUT2D eigenvalue weighted by molar-refractivity contribution is 0.0962. The fourth-order valence-corrected chi connectivity index (χ4v) is 4.54. The van der Waals surface area contributed by atoms with Gasteiger partial charge in [-0.3, -0.25) is 4.79 Å². The van der Waals surface area contributed by atoms with Crippen LogP contribution in [-0.2, 0) is 4.74 Å². The van der Waals surface area contributed by atoms with Crippen LogP contribution >= 0.6 is 0 Å². The maximum Gasteiger partial charge on any atom is 0.266 e. The quantitative estimate of drug-likeness (QED) is 0.357. The highest BCUT2D eigenvalue weighted by molar-refractivity contribution is 5.95. The van der Waals surface area contributed by atoms with Crippen LogP contribution in [0.3, 0.4) is 0 Å². The van der Waals surface area contributed by atoms with Crippen molar-refractivity contribution in [2.24, 2.45) is 0 Å². The summed E-state index contributed by atoms with van der Waals surface area (Å²) in [7, 11) is 1.36. The van der Waals surface area contributed by atoms with Crippen molar-refractivity contribution in [1.82, 2.24) is 29.5 Å². The molecule has 5 heterocycles. The molecule has 1 fully saturated rings. The van der Waals surface area contributed by atoms with Gasteiger partial charge in [0.05, 0.1) is 47.9 Å². The highest BCUT2D eigenvalue weighted by Crippen LogP contribution is 2.36. The van der Waals surface area contributed by atoms with Crippen LogP contribution in [0.25, 0.3) is 33.5 Å². The van der Waals surface area contributed by atoms with Gasteiger partial charge in [-0.05, 0) is 30.3 Å². The molecule has 0 radical (unpaired) electrons. The first kappa shape index (κ1) is 23.9. The van der Waals surface area contributed by atoms with Gasteiger partial charge in [0.25, 0.3) is 12.3 Å². The Bertz CT molecular complexity index is 1680. The largest absolute Gasteiger partial charge is 0.470 e. The van der Waals surface area contributed by atoms with Gasteiger partial charge in [-0.15, -0.1) is 5.10 Å². The van der Waals surface area contributed by atoms with Gasteiger partial charge in [0.1, 0.15) is 11.9 Å². The number of nitrogens with one attached hydrogen (secondary N) is 1. The molecule has 1 amide bonds. The van der Waals surface area contributed by atoms with E-state index in [0.717, 1.165) is 17.1 Å². The Morgan fingerprint density at radius 2 is 2.05 bits per heavy atom. The highest BCUT2D eigenvalue weighted by Gasteiger charge is 2.26. The lowest BCUT2D eigenvalue weighted by atomic mass is 10.0. The number of pyridine rings is 1. The first-order valence-electron chi connectivity index (χ1n) is 11.8. The molecule has 5 aromatic rings. The molecular formula is C26H21F3N6O3. The predicted octanol–water partition coefficient (Wildman–Crippen LogP) is 4.32. The van der Waals surface area contributed by atoms with Crippen LogP contribution in [-0.4, -0.2) is 56.5 Å². The van der Waals surface area contributed by atoms with Crippen molar-refractivity contribution in [3.05, 3.63) is 71.9 Å². The molecule has 1 N–H and O–H groups in total. The first-order valence-corrected chi connectivity index (χ1v) is 11.8. The lowest BCUT2D eigenvalue weighted by Gasteiger charge is -2.15. The van der Waals surface area contributed by atoms with Crippen LogP contribution < -0.4 is 10.1 Å². The molecule has 4 aromatic heterocycles. The average Bonchev–Trinajstić information content (AvgIpc) is 3.68. The Morgan fingerprint density at radius 1 is 1.18 bits per heavy atom. The number of carbonyl (C=O) groups is 1. The van der Waals surface area contributed by atoms with Crippen molar-refractivity contribution in [1.29, 1.82) is 0 Å². The molecular weight excluding hydrogens is 501 g/mol. The number of halogens is 3. The van der Waals surface area contributed by atoms with Gasteiger partial charge in [0, 0.05) is 36.4 Å². The molecule has 9 nitrogen and oxygen atoms in total. The number of nitrogens with zero attached hydrogens (tertiary/aromatic N) is 5. The Hall–Kier alpha value is -4.45. The molecule has 0 bridgehead atoms. The molecule has 0 aliphatic carbocycles. The van der Waals surface area contributed by atoms with Gasteiger partial charge < -0.3 is 14.8 Å². The van der Waals surface area contributed by atoms with Crippen molar-refractivity contribution in [3.8, 4) is 28.3 Å². The number of hydrogen-bond donors (Lipinski definition) is 1. The SMILES string of the molecule is CNC(=O)c1cc(-c2cnc3cc(-c4cnn5ccccc45)c(O[C@H]4CCOC4)nn23)c(F)c(C(F)F)c1. The number of hydrogen-bond acceptors (Lipinski definition) is 6. The minimum absolute atomic E-state index is 0.0871. The molecule has 6 rings (SSSR count). The maximum atomic E-state index is 15.3. The number of rotatable bonds is 6. The molecule has 1 aromatic carbocycles. The molecule has 1 aliphatic rings. The zero-order valence-electron chi connectivity index (χ0n) is 20.1. The standard InChI is InChI=1S/C26H21F3N6O3/c1-30-25(36)14-8-17(23(27)18(9-14)24(28)29)21-12-31-22-10-16(19-11-32-34-6-3-2-4-20(19)34)26(33-35(21)22)38-15-5-7-37-13-15/h2-4,6,8-12,15,24H,5,7,13H2,1H3,(H,30,36)/t15-/m0/s1. The third-order valence-electron chi connectivity index (χ3n) is 6.44. The van der Waals surface area contributed by atoms with Crippen molar-refractivity contribution in [3.63, 3.8) is 0 Å². The van der Waals surface area contributed by atoms with E-state index in [1.807, 2.05) is 24.4 Å². The fraction of sp³-hybridized carbons (Fsp3) is 0.231. The summed E-state index contributed by atoms with van der Waals surface area (Å²) in [5, 5.41) is 11.4. The molecule has 38 heavy (non-hydrogen) atoms. The zero-order valence-corrected chi connectivity index (χ0v) is 20.1. The number of aromatic nitrogens is 5. The lowest BCUT2D eigenvalue weighted by Crippen LogP contribution is -2.19. The van der Waals surface area contributed by atoms with E-state index in [-0.39, 0.29) is 28.8 Å². The minimum atomic E-state index is -3.13. The Labute approximate surface area is 213 Å². The summed E-state index contributed by atoms with van der Waals surface area (Å²) >= 11 is 0. The molecule has 1 atom stereocenters. The second-order valence-corrected chi connectivity index (χ2v) is 8.78. The number of ether oxygens (including phenoxy) is 2. The van der Waals surface area contributed by atoms with Gasteiger partial charge in [-0.2, -0.15) is 5.10 Å². The topological polar surface area (TPSA) is 95.1 Å². The van der Waals surface area contributed by atoms with E-state index in [2.05, 4.69) is 20.5 Å². The molecule has 1 aliphatic heterocycles. The molecule has 0 saturated carbocycles. The molecule has 0 unspecified atom stereocenters. The highest BCUT2D eigenvalue weighted by atomic mass is 19.3. The van der Waals surface area contributed by atoms with Crippen molar-refractivity contribution in [2.45, 2.75) is 19.0 Å². The number of fused-ring (bicyclic) bond motifs is 2. The molecule has 12 heteroatoms. The van der Waals surface area contributed by atoms with E-state index in [9.17, 15) is 13.6 Å². The Balaban J connectivity index is 1.56. The number of amides is 1. The van der Waals surface area contributed by atoms with Crippen LogP contribution in [0.1, 0.15) is 28.8 Å². The van der Waals surface area contributed by atoms with Crippen LogP contribution in [0.4, 0.5) is 13.2 Å². The van der Waals surface area contributed by atoms with E-state index in [4.69, 9.17) is 9.47 Å². The van der Waals surface area contributed by atoms with E-state index in [0.29, 0.717) is 30.8 Å². The summed E-state index contributed by atoms with van der Waals surface area (Å²) in [6, 6.07) is 9.41. The summed E-state index contributed by atoms with van der Waals surface area (Å²) in [5.74, 6) is -1.56. The maximum absolute atomic E-state index is 15.3. The average molecular weight is 522 g/mol. The van der Waals surface area contributed by atoms with Crippen LogP contribution in [0.2, 0.25) is 0 Å². The first-order chi connectivity index (χ1) is 18.4. The third-order valence-corrected chi connectivity index (χ3v) is 6.44. The van der Waals surface area contributed by atoms with Crippen LogP contribution in [0, 0.1) is 5.82 Å². The van der Waals surface area contributed by atoms with Gasteiger partial charge >= 0.3 is 0 Å². The van der Waals surface area contributed by atoms with Crippen LogP contribution in [0.15, 0.2) is 55.0 Å². The van der Waals surface area contributed by atoms with Crippen molar-refractivity contribution >= 4 is 17.1 Å². The van der Waals surface area contributed by atoms with E-state index in [1.54, 1.807) is 16.8 Å². The zero-order chi connectivity index (χ0) is 26.4. The predicted molar refractivity (Wildman–Crippen MR) is 131 cm³/mol. The van der Waals surface area contributed by atoms with Crippen molar-refractivity contribution < 1.29 is 27.4 Å². The molecule has 194 valence electrons. The van der Waals surface area contributed by atoms with Gasteiger partial charge in [-0.1, -0.05) is 6.07 Å². The molecule has 0 spiro atoms. The normalized spacial score (nSPS) is 15.6. The number of imidazole rings is 1. The third kappa shape index (κ3) is 4.02. The summed E-state index contributed by atoms with van der Waals surface area (Å²) in [6.07, 6.45) is 2.09. The minimum Gasteiger partial charge on any atom is -0.470 e. The van der Waals surface area contributed by atoms with Gasteiger partial charge in [0.15, 0.2) is 5.65 Å².